The SMILES string of the molecule is CCc1c(-c2ccnc(OC)c2)[nH]c2ccc(C3CCN([C@@H]4C[C@H]5CC[C@@H](C4)N5C)CC3)cc12. The van der Waals surface area contributed by atoms with Gasteiger partial charge in [-0.2, -0.15) is 0 Å². The number of aromatic nitrogens is 2. The van der Waals surface area contributed by atoms with E-state index in [2.05, 4.69) is 58.0 Å². The smallest absolute Gasteiger partial charge is 0.213 e. The Morgan fingerprint density at radius 3 is 2.47 bits per heavy atom. The number of nitrogens with one attached hydrogen (secondary N) is 1. The van der Waals surface area contributed by atoms with E-state index in [-0.39, 0.29) is 0 Å². The number of hydrogen-bond donors (Lipinski definition) is 1. The minimum atomic E-state index is 0.656. The number of fused-ring (bicyclic) bond motifs is 3. The minimum Gasteiger partial charge on any atom is -0.481 e. The number of piperidine rings is 2. The number of methoxy groups -OCH3 is 1. The number of hydrogen-bond acceptors (Lipinski definition) is 4. The van der Waals surface area contributed by atoms with Gasteiger partial charge in [-0.05, 0) is 100 Å². The number of benzene rings is 1. The first kappa shape index (κ1) is 22.1. The molecule has 0 unspecified atom stereocenters. The van der Waals surface area contributed by atoms with Crippen molar-refractivity contribution in [2.24, 2.45) is 0 Å². The summed E-state index contributed by atoms with van der Waals surface area (Å²) < 4.78 is 5.36. The fourth-order valence-corrected chi connectivity index (χ4v) is 7.09. The molecule has 5 heterocycles. The van der Waals surface area contributed by atoms with Gasteiger partial charge >= 0.3 is 0 Å². The molecule has 3 atom stereocenters. The van der Waals surface area contributed by atoms with Crippen LogP contribution in [-0.2, 0) is 6.42 Å². The molecule has 5 nitrogen and oxygen atoms in total. The van der Waals surface area contributed by atoms with E-state index >= 15 is 0 Å². The summed E-state index contributed by atoms with van der Waals surface area (Å²) in [5, 5.41) is 1.38. The van der Waals surface area contributed by atoms with Gasteiger partial charge in [0.2, 0.25) is 5.88 Å². The number of aryl methyl sites for hydroxylation is 1. The molecule has 3 aliphatic rings. The highest BCUT2D eigenvalue weighted by Gasteiger charge is 2.41. The molecule has 3 fully saturated rings. The van der Waals surface area contributed by atoms with Crippen molar-refractivity contribution in [3.8, 4) is 17.1 Å². The van der Waals surface area contributed by atoms with Gasteiger partial charge < -0.3 is 19.5 Å². The quantitative estimate of drug-likeness (QED) is 0.540. The van der Waals surface area contributed by atoms with E-state index in [1.165, 1.54) is 79.3 Å². The van der Waals surface area contributed by atoms with Crippen molar-refractivity contribution in [2.45, 2.75) is 75.9 Å². The van der Waals surface area contributed by atoms with Gasteiger partial charge in [-0.3, -0.25) is 0 Å². The van der Waals surface area contributed by atoms with Gasteiger partial charge in [0.05, 0.1) is 7.11 Å². The highest BCUT2D eigenvalue weighted by Crippen LogP contribution is 2.39. The first-order chi connectivity index (χ1) is 16.6. The lowest BCUT2D eigenvalue weighted by Gasteiger charge is -2.44. The summed E-state index contributed by atoms with van der Waals surface area (Å²) in [6.45, 7) is 4.77. The van der Waals surface area contributed by atoms with Gasteiger partial charge in [-0.15, -0.1) is 0 Å². The predicted molar refractivity (Wildman–Crippen MR) is 139 cm³/mol. The van der Waals surface area contributed by atoms with Gasteiger partial charge in [-0.25, -0.2) is 4.98 Å². The van der Waals surface area contributed by atoms with Crippen molar-refractivity contribution in [2.75, 3.05) is 27.2 Å². The third-order valence-corrected chi connectivity index (χ3v) is 9.11. The lowest BCUT2D eigenvalue weighted by atomic mass is 9.86. The molecule has 2 aromatic heterocycles. The average molecular weight is 459 g/mol. The van der Waals surface area contributed by atoms with E-state index < -0.39 is 0 Å². The van der Waals surface area contributed by atoms with Gasteiger partial charge in [0.1, 0.15) is 0 Å². The predicted octanol–water partition coefficient (Wildman–Crippen LogP) is 5.61. The number of likely N-dealkylation sites (tertiary alicyclic amines) is 1. The average Bonchev–Trinajstić information content (AvgIpc) is 3.33. The number of aromatic amines is 1. The summed E-state index contributed by atoms with van der Waals surface area (Å²) in [5.74, 6) is 1.33. The van der Waals surface area contributed by atoms with Gasteiger partial charge in [0.15, 0.2) is 0 Å². The zero-order valence-corrected chi connectivity index (χ0v) is 20.9. The summed E-state index contributed by atoms with van der Waals surface area (Å²) >= 11 is 0. The summed E-state index contributed by atoms with van der Waals surface area (Å²) in [6, 6.07) is 13.7. The summed E-state index contributed by atoms with van der Waals surface area (Å²) in [7, 11) is 4.02. The molecular weight excluding hydrogens is 420 g/mol. The second kappa shape index (κ2) is 9.01. The fourth-order valence-electron chi connectivity index (χ4n) is 7.09. The Morgan fingerprint density at radius 1 is 1.00 bits per heavy atom. The van der Waals surface area contributed by atoms with Gasteiger partial charge in [0.25, 0.3) is 0 Å². The van der Waals surface area contributed by atoms with Crippen LogP contribution in [0.1, 0.15) is 62.5 Å². The molecule has 0 spiro atoms. The maximum atomic E-state index is 5.36. The molecule has 3 aromatic rings. The summed E-state index contributed by atoms with van der Waals surface area (Å²) in [5.41, 5.74) is 6.47. The van der Waals surface area contributed by atoms with Crippen LogP contribution in [-0.4, -0.2) is 65.1 Å². The third-order valence-electron chi connectivity index (χ3n) is 9.11. The topological polar surface area (TPSA) is 44.4 Å². The highest BCUT2D eigenvalue weighted by atomic mass is 16.5. The molecule has 1 aromatic carbocycles. The normalized spacial score (nSPS) is 26.4. The standard InChI is InChI=1S/C29H38N4O/c1-4-25-26-15-20(5-8-27(26)31-29(25)21-9-12-30-28(16-21)34-3)19-10-13-33(14-11-19)24-17-22-6-7-23(18-24)32(22)2/h5,8-9,12,15-16,19,22-24,31H,4,6-7,10-11,13-14,17-18H2,1-3H3/t22-,23+,24-. The van der Waals surface area contributed by atoms with Crippen molar-refractivity contribution < 1.29 is 4.74 Å². The molecule has 0 saturated carbocycles. The van der Waals surface area contributed by atoms with Crippen LogP contribution in [0.4, 0.5) is 0 Å². The van der Waals surface area contributed by atoms with E-state index in [1.54, 1.807) is 7.11 Å². The number of rotatable bonds is 5. The summed E-state index contributed by atoms with van der Waals surface area (Å²) in [4.78, 5) is 13.5. The minimum absolute atomic E-state index is 0.656. The van der Waals surface area contributed by atoms with Crippen molar-refractivity contribution in [1.82, 2.24) is 19.8 Å². The van der Waals surface area contributed by atoms with Crippen LogP contribution in [0.5, 0.6) is 5.88 Å². The molecule has 34 heavy (non-hydrogen) atoms. The molecule has 2 bridgehead atoms. The fraction of sp³-hybridized carbons (Fsp3) is 0.552. The molecule has 0 amide bonds. The van der Waals surface area contributed by atoms with Crippen molar-refractivity contribution >= 4 is 10.9 Å². The molecule has 0 radical (unpaired) electrons. The van der Waals surface area contributed by atoms with E-state index in [9.17, 15) is 0 Å². The Balaban J connectivity index is 1.20. The van der Waals surface area contributed by atoms with Gasteiger partial charge in [0, 0.05) is 52.5 Å². The maximum absolute atomic E-state index is 5.36. The lowest BCUT2D eigenvalue weighted by Crippen LogP contribution is -2.50. The van der Waals surface area contributed by atoms with Crippen molar-refractivity contribution in [3.63, 3.8) is 0 Å². The number of pyridine rings is 1. The Kier molecular flexibility index (Phi) is 5.86. The van der Waals surface area contributed by atoms with E-state index in [0.717, 1.165) is 30.1 Å². The third kappa shape index (κ3) is 3.83. The monoisotopic (exact) mass is 458 g/mol. The van der Waals surface area contributed by atoms with Crippen molar-refractivity contribution in [1.29, 1.82) is 0 Å². The number of nitrogens with zero attached hydrogens (tertiary/aromatic N) is 3. The van der Waals surface area contributed by atoms with Crippen LogP contribution in [0.15, 0.2) is 36.5 Å². The van der Waals surface area contributed by atoms with E-state index in [4.69, 9.17) is 4.74 Å². The second-order valence-corrected chi connectivity index (χ2v) is 10.7. The number of H-pyrrole nitrogens is 1. The van der Waals surface area contributed by atoms with Crippen LogP contribution in [0.25, 0.3) is 22.2 Å². The highest BCUT2D eigenvalue weighted by molar-refractivity contribution is 5.91. The van der Waals surface area contributed by atoms with Gasteiger partial charge in [-0.1, -0.05) is 13.0 Å². The van der Waals surface area contributed by atoms with Crippen LogP contribution in [0.2, 0.25) is 0 Å². The molecule has 180 valence electrons. The summed E-state index contributed by atoms with van der Waals surface area (Å²) in [6.07, 6.45) is 11.0. The molecule has 0 aliphatic carbocycles. The number of ether oxygens (including phenoxy) is 1. The zero-order valence-electron chi connectivity index (χ0n) is 20.9. The Bertz CT molecular complexity index is 1150. The Labute approximate surface area is 203 Å². The molecule has 6 rings (SSSR count). The molecule has 1 N–H and O–H groups in total. The van der Waals surface area contributed by atoms with Crippen LogP contribution < -0.4 is 4.74 Å². The van der Waals surface area contributed by atoms with E-state index in [0.29, 0.717) is 11.8 Å². The van der Waals surface area contributed by atoms with Crippen LogP contribution >= 0.6 is 0 Å². The first-order valence-electron chi connectivity index (χ1n) is 13.3. The Morgan fingerprint density at radius 2 is 1.76 bits per heavy atom. The van der Waals surface area contributed by atoms with E-state index in [1.807, 2.05) is 12.3 Å². The maximum Gasteiger partial charge on any atom is 0.213 e. The lowest BCUT2D eigenvalue weighted by molar-refractivity contribution is 0.0601. The first-order valence-corrected chi connectivity index (χ1v) is 13.3. The zero-order chi connectivity index (χ0) is 23.2. The molecule has 5 heteroatoms. The van der Waals surface area contributed by atoms with Crippen LogP contribution in [0.3, 0.4) is 0 Å². The molecule has 3 saturated heterocycles. The molecular formula is C29H38N4O. The Hall–Kier alpha value is -2.37. The molecule has 3 aliphatic heterocycles. The van der Waals surface area contributed by atoms with Crippen LogP contribution in [0, 0.1) is 0 Å². The largest absolute Gasteiger partial charge is 0.481 e. The van der Waals surface area contributed by atoms with Crippen molar-refractivity contribution in [3.05, 3.63) is 47.7 Å². The second-order valence-electron chi connectivity index (χ2n) is 10.7.